The third kappa shape index (κ3) is 2.26. The standard InChI is InChI=1S/C11H13NO/c1-3-5-9-6-7-10(8-13)12-11(9)4-2/h3-7,13H,2,8H2,1H3/b5-3-. The highest BCUT2D eigenvalue weighted by Crippen LogP contribution is 2.11. The monoisotopic (exact) mass is 175 g/mol. The van der Waals surface area contributed by atoms with Gasteiger partial charge in [0.05, 0.1) is 18.0 Å². The minimum atomic E-state index is -0.0308. The lowest BCUT2D eigenvalue weighted by Gasteiger charge is -2.02. The molecular formula is C11H13NO. The van der Waals surface area contributed by atoms with Gasteiger partial charge in [0.15, 0.2) is 0 Å². The second kappa shape index (κ2) is 4.58. The Bertz CT molecular complexity index is 329. The van der Waals surface area contributed by atoms with E-state index in [1.165, 1.54) is 0 Å². The van der Waals surface area contributed by atoms with Gasteiger partial charge in [0.25, 0.3) is 0 Å². The Morgan fingerprint density at radius 1 is 1.54 bits per heavy atom. The molecule has 1 aromatic heterocycles. The molecule has 0 aliphatic rings. The molecule has 0 bridgehead atoms. The van der Waals surface area contributed by atoms with E-state index in [-0.39, 0.29) is 6.61 Å². The number of aliphatic hydroxyl groups is 1. The summed E-state index contributed by atoms with van der Waals surface area (Å²) >= 11 is 0. The van der Waals surface area contributed by atoms with Gasteiger partial charge in [-0.3, -0.25) is 4.98 Å². The van der Waals surface area contributed by atoms with Crippen LogP contribution in [0.4, 0.5) is 0 Å². The second-order valence-electron chi connectivity index (χ2n) is 2.64. The van der Waals surface area contributed by atoms with Crippen molar-refractivity contribution in [1.82, 2.24) is 4.98 Å². The van der Waals surface area contributed by atoms with Crippen LogP contribution in [-0.2, 0) is 6.61 Å². The summed E-state index contributed by atoms with van der Waals surface area (Å²) in [6.07, 6.45) is 5.60. The molecule has 0 fully saturated rings. The molecule has 68 valence electrons. The molecule has 0 aliphatic heterocycles. The summed E-state index contributed by atoms with van der Waals surface area (Å²) in [4.78, 5) is 4.21. The van der Waals surface area contributed by atoms with E-state index in [0.717, 1.165) is 11.3 Å². The first-order chi connectivity index (χ1) is 6.31. The predicted molar refractivity (Wildman–Crippen MR) is 55.0 cm³/mol. The predicted octanol–water partition coefficient (Wildman–Crippen LogP) is 2.25. The van der Waals surface area contributed by atoms with Crippen molar-refractivity contribution in [2.45, 2.75) is 13.5 Å². The molecule has 1 heterocycles. The molecule has 0 spiro atoms. The fourth-order valence-corrected chi connectivity index (χ4v) is 1.10. The Morgan fingerprint density at radius 3 is 2.85 bits per heavy atom. The maximum atomic E-state index is 8.86. The normalized spacial score (nSPS) is 10.6. The topological polar surface area (TPSA) is 33.1 Å². The zero-order chi connectivity index (χ0) is 9.68. The molecular weight excluding hydrogens is 162 g/mol. The largest absolute Gasteiger partial charge is 0.390 e. The van der Waals surface area contributed by atoms with Crippen molar-refractivity contribution in [3.8, 4) is 0 Å². The van der Waals surface area contributed by atoms with Gasteiger partial charge in [0, 0.05) is 0 Å². The van der Waals surface area contributed by atoms with Crippen LogP contribution in [-0.4, -0.2) is 10.1 Å². The summed E-state index contributed by atoms with van der Waals surface area (Å²) in [6, 6.07) is 3.73. The van der Waals surface area contributed by atoms with Crippen molar-refractivity contribution in [1.29, 1.82) is 0 Å². The second-order valence-corrected chi connectivity index (χ2v) is 2.64. The van der Waals surface area contributed by atoms with E-state index >= 15 is 0 Å². The molecule has 2 heteroatoms. The molecule has 0 amide bonds. The van der Waals surface area contributed by atoms with Crippen molar-refractivity contribution in [3.05, 3.63) is 41.7 Å². The lowest BCUT2D eigenvalue weighted by molar-refractivity contribution is 0.277. The Labute approximate surface area is 78.3 Å². The number of allylic oxidation sites excluding steroid dienone is 1. The molecule has 0 saturated heterocycles. The van der Waals surface area contributed by atoms with Crippen LogP contribution in [0, 0.1) is 0 Å². The molecule has 1 rings (SSSR count). The molecule has 2 nitrogen and oxygen atoms in total. The average molecular weight is 175 g/mol. The van der Waals surface area contributed by atoms with Crippen LogP contribution in [0.3, 0.4) is 0 Å². The van der Waals surface area contributed by atoms with Gasteiger partial charge < -0.3 is 5.11 Å². The van der Waals surface area contributed by atoms with Crippen LogP contribution < -0.4 is 0 Å². The number of rotatable bonds is 3. The number of nitrogens with zero attached hydrogens (tertiary/aromatic N) is 1. The number of hydrogen-bond acceptors (Lipinski definition) is 2. The van der Waals surface area contributed by atoms with Gasteiger partial charge in [-0.1, -0.05) is 24.8 Å². The van der Waals surface area contributed by atoms with E-state index in [2.05, 4.69) is 11.6 Å². The first-order valence-electron chi connectivity index (χ1n) is 4.17. The number of hydrogen-bond donors (Lipinski definition) is 1. The Balaban J connectivity index is 3.15. The van der Waals surface area contributed by atoms with Gasteiger partial charge >= 0.3 is 0 Å². The molecule has 13 heavy (non-hydrogen) atoms. The molecule has 0 unspecified atom stereocenters. The zero-order valence-electron chi connectivity index (χ0n) is 7.70. The van der Waals surface area contributed by atoms with Crippen LogP contribution in [0.15, 0.2) is 24.8 Å². The quantitative estimate of drug-likeness (QED) is 0.764. The van der Waals surface area contributed by atoms with Crippen molar-refractivity contribution in [2.24, 2.45) is 0 Å². The number of pyridine rings is 1. The van der Waals surface area contributed by atoms with E-state index in [1.807, 2.05) is 31.2 Å². The summed E-state index contributed by atoms with van der Waals surface area (Å²) in [6.45, 7) is 5.59. The SMILES string of the molecule is C=Cc1nc(CO)ccc1/C=C\C. The van der Waals surface area contributed by atoms with Crippen LogP contribution in [0.5, 0.6) is 0 Å². The van der Waals surface area contributed by atoms with Crippen LogP contribution in [0.25, 0.3) is 12.2 Å². The Morgan fingerprint density at radius 2 is 2.31 bits per heavy atom. The van der Waals surface area contributed by atoms with E-state index in [4.69, 9.17) is 5.11 Å². The highest BCUT2D eigenvalue weighted by atomic mass is 16.3. The minimum absolute atomic E-state index is 0.0308. The summed E-state index contributed by atoms with van der Waals surface area (Å²) in [5.74, 6) is 0. The zero-order valence-corrected chi connectivity index (χ0v) is 7.70. The van der Waals surface area contributed by atoms with Crippen molar-refractivity contribution in [2.75, 3.05) is 0 Å². The third-order valence-electron chi connectivity index (χ3n) is 1.72. The first-order valence-corrected chi connectivity index (χ1v) is 4.17. The number of aliphatic hydroxyl groups excluding tert-OH is 1. The van der Waals surface area contributed by atoms with Gasteiger partial charge in [-0.2, -0.15) is 0 Å². The molecule has 1 aromatic rings. The molecule has 0 aromatic carbocycles. The van der Waals surface area contributed by atoms with Crippen LogP contribution in [0.2, 0.25) is 0 Å². The molecule has 0 aliphatic carbocycles. The van der Waals surface area contributed by atoms with E-state index in [1.54, 1.807) is 6.08 Å². The summed E-state index contributed by atoms with van der Waals surface area (Å²) in [5.41, 5.74) is 2.50. The van der Waals surface area contributed by atoms with Gasteiger partial charge in [0.1, 0.15) is 0 Å². The van der Waals surface area contributed by atoms with E-state index in [0.29, 0.717) is 5.69 Å². The maximum absolute atomic E-state index is 8.86. The Hall–Kier alpha value is -1.41. The first kappa shape index (κ1) is 9.68. The smallest absolute Gasteiger partial charge is 0.0853 e. The molecule has 0 radical (unpaired) electrons. The molecule has 0 saturated carbocycles. The van der Waals surface area contributed by atoms with Gasteiger partial charge in [-0.15, -0.1) is 0 Å². The molecule has 0 atom stereocenters. The van der Waals surface area contributed by atoms with Gasteiger partial charge in [-0.05, 0) is 24.6 Å². The number of aromatic nitrogens is 1. The average Bonchev–Trinajstić information content (AvgIpc) is 2.19. The fourth-order valence-electron chi connectivity index (χ4n) is 1.10. The highest BCUT2D eigenvalue weighted by molar-refractivity contribution is 5.61. The van der Waals surface area contributed by atoms with Crippen LogP contribution in [0.1, 0.15) is 23.9 Å². The highest BCUT2D eigenvalue weighted by Gasteiger charge is 1.98. The van der Waals surface area contributed by atoms with Gasteiger partial charge in [0.2, 0.25) is 0 Å². The van der Waals surface area contributed by atoms with E-state index < -0.39 is 0 Å². The summed E-state index contributed by atoms with van der Waals surface area (Å²) in [5, 5.41) is 8.86. The van der Waals surface area contributed by atoms with Crippen molar-refractivity contribution >= 4 is 12.2 Å². The van der Waals surface area contributed by atoms with E-state index in [9.17, 15) is 0 Å². The van der Waals surface area contributed by atoms with Crippen LogP contribution >= 0.6 is 0 Å². The lowest BCUT2D eigenvalue weighted by Crippen LogP contribution is -1.93. The summed E-state index contributed by atoms with van der Waals surface area (Å²) in [7, 11) is 0. The fraction of sp³-hybridized carbons (Fsp3) is 0.182. The van der Waals surface area contributed by atoms with Gasteiger partial charge in [-0.25, -0.2) is 0 Å². The maximum Gasteiger partial charge on any atom is 0.0853 e. The summed E-state index contributed by atoms with van der Waals surface area (Å²) < 4.78 is 0. The lowest BCUT2D eigenvalue weighted by atomic mass is 10.1. The van der Waals surface area contributed by atoms with Crippen molar-refractivity contribution < 1.29 is 5.11 Å². The molecule has 1 N–H and O–H groups in total. The third-order valence-corrected chi connectivity index (χ3v) is 1.72. The van der Waals surface area contributed by atoms with Crippen molar-refractivity contribution in [3.63, 3.8) is 0 Å². The minimum Gasteiger partial charge on any atom is -0.390 e. The Kier molecular flexibility index (Phi) is 3.41.